The van der Waals surface area contributed by atoms with Gasteiger partial charge in [0.15, 0.2) is 0 Å². The van der Waals surface area contributed by atoms with E-state index in [1.807, 2.05) is 0 Å². The number of rotatable bonds is 2. The first-order valence-corrected chi connectivity index (χ1v) is 9.90. The van der Waals surface area contributed by atoms with E-state index in [0.29, 0.717) is 10.8 Å². The molecule has 0 radical (unpaired) electrons. The number of hydrogen-bond donors (Lipinski definition) is 0. The first-order chi connectivity index (χ1) is 9.90. The Morgan fingerprint density at radius 2 is 1.76 bits per heavy atom. The molecule has 0 nitrogen and oxygen atoms in total. The van der Waals surface area contributed by atoms with Gasteiger partial charge in [-0.05, 0) is 85.4 Å². The first kappa shape index (κ1) is 15.9. The maximum Gasteiger partial charge on any atom is -0.0261 e. The van der Waals surface area contributed by atoms with E-state index in [9.17, 15) is 0 Å². The lowest BCUT2D eigenvalue weighted by molar-refractivity contribution is -0.123. The van der Waals surface area contributed by atoms with E-state index in [1.54, 1.807) is 19.3 Å². The van der Waals surface area contributed by atoms with Crippen molar-refractivity contribution in [2.24, 2.45) is 40.4 Å². The molecule has 0 aromatic rings. The van der Waals surface area contributed by atoms with Crippen molar-refractivity contribution in [3.63, 3.8) is 0 Å². The van der Waals surface area contributed by atoms with E-state index in [0.717, 1.165) is 29.6 Å². The monoisotopic (exact) mass is 290 g/mol. The highest BCUT2D eigenvalue weighted by Crippen LogP contribution is 2.65. The maximum absolute atomic E-state index is 2.71. The average Bonchev–Trinajstić information content (AvgIpc) is 2.46. The summed E-state index contributed by atoms with van der Waals surface area (Å²) >= 11 is 0. The molecular weight excluding hydrogens is 252 g/mol. The van der Waals surface area contributed by atoms with E-state index in [2.05, 4.69) is 34.6 Å². The Hall–Kier alpha value is 0. The summed E-state index contributed by atoms with van der Waals surface area (Å²) in [5.74, 6) is 5.06. The van der Waals surface area contributed by atoms with Gasteiger partial charge in [-0.1, -0.05) is 47.5 Å². The van der Waals surface area contributed by atoms with Gasteiger partial charge in [-0.25, -0.2) is 0 Å². The molecule has 122 valence electrons. The summed E-state index contributed by atoms with van der Waals surface area (Å²) in [5.41, 5.74) is 1.32. The summed E-state index contributed by atoms with van der Waals surface area (Å²) in [4.78, 5) is 0. The zero-order valence-electron chi connectivity index (χ0n) is 15.3. The van der Waals surface area contributed by atoms with Crippen molar-refractivity contribution in [2.45, 2.75) is 92.4 Å². The molecule has 3 aliphatic rings. The molecule has 3 aliphatic carbocycles. The van der Waals surface area contributed by atoms with Gasteiger partial charge in [-0.2, -0.15) is 0 Å². The summed E-state index contributed by atoms with van der Waals surface area (Å²) in [6.45, 7) is 12.7. The maximum atomic E-state index is 2.71. The van der Waals surface area contributed by atoms with Crippen LogP contribution in [0.3, 0.4) is 0 Å². The predicted octanol–water partition coefficient (Wildman–Crippen LogP) is 6.69. The van der Waals surface area contributed by atoms with Gasteiger partial charge in [0.2, 0.25) is 0 Å². The Morgan fingerprint density at radius 1 is 1.00 bits per heavy atom. The van der Waals surface area contributed by atoms with Crippen molar-refractivity contribution in [3.8, 4) is 0 Å². The molecule has 0 aromatic carbocycles. The fourth-order valence-corrected chi connectivity index (χ4v) is 7.04. The number of fused-ring (bicyclic) bond motifs is 3. The second-order valence-corrected chi connectivity index (χ2v) is 9.68. The van der Waals surface area contributed by atoms with Gasteiger partial charge in [-0.15, -0.1) is 0 Å². The third-order valence-corrected chi connectivity index (χ3v) is 8.55. The molecule has 3 fully saturated rings. The zero-order chi connectivity index (χ0) is 15.3. The van der Waals surface area contributed by atoms with E-state index in [4.69, 9.17) is 0 Å². The second kappa shape index (κ2) is 5.57. The summed E-state index contributed by atoms with van der Waals surface area (Å²) in [6.07, 6.45) is 13.6. The van der Waals surface area contributed by atoms with Crippen molar-refractivity contribution in [2.75, 3.05) is 0 Å². The van der Waals surface area contributed by atoms with Crippen LogP contribution in [-0.4, -0.2) is 0 Å². The van der Waals surface area contributed by atoms with Crippen molar-refractivity contribution < 1.29 is 0 Å². The Balaban J connectivity index is 1.82. The van der Waals surface area contributed by atoms with E-state index >= 15 is 0 Å². The molecule has 0 saturated heterocycles. The smallest absolute Gasteiger partial charge is 0.0261 e. The molecule has 0 aliphatic heterocycles. The van der Waals surface area contributed by atoms with Crippen molar-refractivity contribution in [3.05, 3.63) is 0 Å². The van der Waals surface area contributed by atoms with E-state index in [-0.39, 0.29) is 0 Å². The van der Waals surface area contributed by atoms with E-state index < -0.39 is 0 Å². The topological polar surface area (TPSA) is 0 Å². The summed E-state index contributed by atoms with van der Waals surface area (Å²) in [7, 11) is 0. The first-order valence-electron chi connectivity index (χ1n) is 9.90. The van der Waals surface area contributed by atoms with Crippen LogP contribution in [0.1, 0.15) is 92.4 Å². The largest absolute Gasteiger partial charge is 0.0649 e. The minimum atomic E-state index is 0.646. The molecule has 21 heavy (non-hydrogen) atoms. The van der Waals surface area contributed by atoms with Crippen molar-refractivity contribution in [1.29, 1.82) is 0 Å². The lowest BCUT2D eigenvalue weighted by Gasteiger charge is -2.62. The van der Waals surface area contributed by atoms with Gasteiger partial charge >= 0.3 is 0 Å². The minimum absolute atomic E-state index is 0.646. The molecule has 0 unspecified atom stereocenters. The summed E-state index contributed by atoms with van der Waals surface area (Å²) < 4.78 is 0. The van der Waals surface area contributed by atoms with Crippen LogP contribution in [0.5, 0.6) is 0 Å². The fourth-order valence-electron chi connectivity index (χ4n) is 7.04. The SMILES string of the molecule is CC[C@@]1(C)CCC[C@]2(C)[C@H]3CC[C@H](C(C)C)C[C@H]3CC[C@@H]12. The quantitative estimate of drug-likeness (QED) is 0.531. The highest BCUT2D eigenvalue weighted by Gasteiger charge is 2.56. The third-order valence-electron chi connectivity index (χ3n) is 8.55. The molecule has 0 aromatic heterocycles. The molecule has 0 N–H and O–H groups in total. The Labute approximate surface area is 133 Å². The van der Waals surface area contributed by atoms with Gasteiger partial charge in [0.05, 0.1) is 0 Å². The zero-order valence-corrected chi connectivity index (χ0v) is 15.3. The highest BCUT2D eigenvalue weighted by atomic mass is 14.6. The Bertz CT molecular complexity index is 370. The van der Waals surface area contributed by atoms with Gasteiger partial charge in [0, 0.05) is 0 Å². The minimum Gasteiger partial charge on any atom is -0.0649 e. The van der Waals surface area contributed by atoms with Crippen LogP contribution in [0.2, 0.25) is 0 Å². The predicted molar refractivity (Wildman–Crippen MR) is 92.2 cm³/mol. The molecule has 3 saturated carbocycles. The van der Waals surface area contributed by atoms with Crippen LogP contribution in [0.25, 0.3) is 0 Å². The third kappa shape index (κ3) is 2.49. The van der Waals surface area contributed by atoms with Crippen LogP contribution in [0.4, 0.5) is 0 Å². The molecule has 3 rings (SSSR count). The van der Waals surface area contributed by atoms with Gasteiger partial charge in [0.25, 0.3) is 0 Å². The van der Waals surface area contributed by atoms with Crippen LogP contribution < -0.4 is 0 Å². The highest BCUT2D eigenvalue weighted by molar-refractivity contribution is 5.05. The normalized spacial score (nSPS) is 50.6. The summed E-state index contributed by atoms with van der Waals surface area (Å²) in [6, 6.07) is 0. The lowest BCUT2D eigenvalue weighted by atomic mass is 9.43. The van der Waals surface area contributed by atoms with Gasteiger partial charge in [-0.3, -0.25) is 0 Å². The van der Waals surface area contributed by atoms with E-state index in [1.165, 1.54) is 38.5 Å². The fraction of sp³-hybridized carbons (Fsp3) is 1.00. The van der Waals surface area contributed by atoms with Crippen molar-refractivity contribution in [1.82, 2.24) is 0 Å². The summed E-state index contributed by atoms with van der Waals surface area (Å²) in [5, 5.41) is 0. The molecule has 0 bridgehead atoms. The second-order valence-electron chi connectivity index (χ2n) is 9.68. The molecule has 0 amide bonds. The molecular formula is C21H38. The molecule has 0 heteroatoms. The van der Waals surface area contributed by atoms with Crippen LogP contribution in [-0.2, 0) is 0 Å². The molecule has 0 heterocycles. The number of hydrogen-bond acceptors (Lipinski definition) is 0. The average molecular weight is 291 g/mol. The van der Waals surface area contributed by atoms with Crippen LogP contribution >= 0.6 is 0 Å². The molecule has 6 atom stereocenters. The Kier molecular flexibility index (Phi) is 4.21. The standard InChI is InChI=1S/C21H38/c1-6-20(4)12-7-13-21(5)18-10-8-16(15(2)3)14-17(18)9-11-19(20)21/h15-19H,6-14H2,1-5H3/t16-,17+,18-,19-,20-,21+/m0/s1. The van der Waals surface area contributed by atoms with Crippen LogP contribution in [0, 0.1) is 40.4 Å². The van der Waals surface area contributed by atoms with Crippen LogP contribution in [0.15, 0.2) is 0 Å². The van der Waals surface area contributed by atoms with Gasteiger partial charge < -0.3 is 0 Å². The molecule has 0 spiro atoms. The lowest BCUT2D eigenvalue weighted by Crippen LogP contribution is -2.53. The van der Waals surface area contributed by atoms with Crippen molar-refractivity contribution >= 4 is 0 Å². The van der Waals surface area contributed by atoms with Gasteiger partial charge in [0.1, 0.15) is 0 Å². The Morgan fingerprint density at radius 3 is 2.43 bits per heavy atom.